The van der Waals surface area contributed by atoms with Crippen molar-refractivity contribution in [2.75, 3.05) is 50.1 Å². The Morgan fingerprint density at radius 3 is 2.50 bits per heavy atom. The van der Waals surface area contributed by atoms with Gasteiger partial charge in [-0.15, -0.1) is 0 Å². The Labute approximate surface area is 181 Å². The number of nitrogens with zero attached hydrogens (tertiary/aromatic N) is 3. The van der Waals surface area contributed by atoms with E-state index in [0.717, 1.165) is 12.3 Å². The van der Waals surface area contributed by atoms with Crippen LogP contribution in [0.3, 0.4) is 0 Å². The number of piperazine rings is 1. The largest absolute Gasteiger partial charge is 0.495 e. The maximum absolute atomic E-state index is 12.8. The number of ether oxygens (including phenoxy) is 1. The molecule has 0 atom stereocenters. The number of halogens is 5. The molecular formula is C19H19Cl2F3N4O2. The van der Waals surface area contributed by atoms with Crippen LogP contribution in [0.1, 0.15) is 5.56 Å². The first-order valence-electron chi connectivity index (χ1n) is 9.01. The third-order valence-corrected chi connectivity index (χ3v) is 5.14. The molecule has 11 heteroatoms. The number of alkyl halides is 3. The monoisotopic (exact) mass is 462 g/mol. The number of anilines is 2. The van der Waals surface area contributed by atoms with Gasteiger partial charge in [-0.1, -0.05) is 23.2 Å². The second-order valence-corrected chi connectivity index (χ2v) is 7.53. The van der Waals surface area contributed by atoms with E-state index in [1.165, 1.54) is 7.11 Å². The molecule has 0 saturated carbocycles. The summed E-state index contributed by atoms with van der Waals surface area (Å²) < 4.78 is 43.5. The van der Waals surface area contributed by atoms with Crippen molar-refractivity contribution in [3.05, 3.63) is 46.1 Å². The summed E-state index contributed by atoms with van der Waals surface area (Å²) in [5.41, 5.74) is -0.405. The van der Waals surface area contributed by atoms with Gasteiger partial charge in [0, 0.05) is 37.4 Å². The summed E-state index contributed by atoms with van der Waals surface area (Å²) >= 11 is 12.0. The topological polar surface area (TPSA) is 57.7 Å². The molecule has 0 bridgehead atoms. The number of benzene rings is 1. The normalized spacial score (nSPS) is 15.2. The summed E-state index contributed by atoms with van der Waals surface area (Å²) in [4.78, 5) is 20.0. The van der Waals surface area contributed by atoms with E-state index in [9.17, 15) is 18.0 Å². The van der Waals surface area contributed by atoms with Crippen molar-refractivity contribution in [3.63, 3.8) is 0 Å². The molecule has 1 aliphatic rings. The smallest absolute Gasteiger partial charge is 0.417 e. The number of carbonyl (C=O) groups is 1. The molecule has 0 aliphatic carbocycles. The highest BCUT2D eigenvalue weighted by Crippen LogP contribution is 2.33. The number of rotatable bonds is 5. The average molecular weight is 463 g/mol. The van der Waals surface area contributed by atoms with Gasteiger partial charge in [0.05, 0.1) is 29.9 Å². The minimum absolute atomic E-state index is 0.0518. The second-order valence-electron chi connectivity index (χ2n) is 6.68. The van der Waals surface area contributed by atoms with Gasteiger partial charge in [-0.3, -0.25) is 9.69 Å². The van der Waals surface area contributed by atoms with Crippen molar-refractivity contribution in [3.8, 4) is 5.75 Å². The summed E-state index contributed by atoms with van der Waals surface area (Å²) in [6.45, 7) is 2.16. The number of carbonyl (C=O) groups excluding carboxylic acids is 1. The summed E-state index contributed by atoms with van der Waals surface area (Å²) in [5, 5.41) is 3.20. The van der Waals surface area contributed by atoms with Crippen LogP contribution in [0.4, 0.5) is 24.7 Å². The number of hydrogen-bond acceptors (Lipinski definition) is 5. The molecule has 30 heavy (non-hydrogen) atoms. The highest BCUT2D eigenvalue weighted by molar-refractivity contribution is 6.33. The first-order chi connectivity index (χ1) is 14.2. The number of pyridine rings is 1. The SMILES string of the molecule is COc1ccc(Cl)cc1NC(=O)CN1CCN(c2ncc(C(F)(F)F)cc2Cl)CC1. The Morgan fingerprint density at radius 1 is 1.20 bits per heavy atom. The highest BCUT2D eigenvalue weighted by atomic mass is 35.5. The molecule has 2 aromatic rings. The molecule has 1 aromatic carbocycles. The summed E-state index contributed by atoms with van der Waals surface area (Å²) in [6.07, 6.45) is -3.72. The first-order valence-corrected chi connectivity index (χ1v) is 9.76. The van der Waals surface area contributed by atoms with E-state index in [4.69, 9.17) is 27.9 Å². The molecule has 1 fully saturated rings. The predicted octanol–water partition coefficient (Wildman–Crippen LogP) is 4.18. The molecule has 162 valence electrons. The van der Waals surface area contributed by atoms with Gasteiger partial charge in [-0.25, -0.2) is 4.98 Å². The van der Waals surface area contributed by atoms with Gasteiger partial charge >= 0.3 is 6.18 Å². The van der Waals surface area contributed by atoms with Crippen LogP contribution >= 0.6 is 23.2 Å². The molecule has 6 nitrogen and oxygen atoms in total. The van der Waals surface area contributed by atoms with E-state index in [0.29, 0.717) is 48.5 Å². The predicted molar refractivity (Wildman–Crippen MR) is 110 cm³/mol. The number of aromatic nitrogens is 1. The molecule has 1 amide bonds. The number of amides is 1. The van der Waals surface area contributed by atoms with Gasteiger partial charge in [0.2, 0.25) is 5.91 Å². The fraction of sp³-hybridized carbons (Fsp3) is 0.368. The highest BCUT2D eigenvalue weighted by Gasteiger charge is 2.32. The van der Waals surface area contributed by atoms with Crippen molar-refractivity contribution < 1.29 is 22.7 Å². The van der Waals surface area contributed by atoms with Crippen LogP contribution in [0.2, 0.25) is 10.0 Å². The number of methoxy groups -OCH3 is 1. The Bertz CT molecular complexity index is 919. The van der Waals surface area contributed by atoms with Crippen LogP contribution in [0.15, 0.2) is 30.5 Å². The average Bonchev–Trinajstić information content (AvgIpc) is 2.68. The lowest BCUT2D eigenvalue weighted by atomic mass is 10.2. The summed E-state index contributed by atoms with van der Waals surface area (Å²) in [5.74, 6) is 0.577. The number of hydrogen-bond donors (Lipinski definition) is 1. The van der Waals surface area contributed by atoms with Gasteiger partial charge in [0.1, 0.15) is 11.6 Å². The van der Waals surface area contributed by atoms with E-state index >= 15 is 0 Å². The van der Waals surface area contributed by atoms with Gasteiger partial charge in [0.25, 0.3) is 0 Å². The van der Waals surface area contributed by atoms with Crippen molar-refractivity contribution >= 4 is 40.6 Å². The third-order valence-electron chi connectivity index (χ3n) is 4.62. The summed E-state index contributed by atoms with van der Waals surface area (Å²) in [6, 6.07) is 5.81. The standard InChI is InChI=1S/C19H19Cl2F3N4O2/c1-30-16-3-2-13(20)9-15(16)26-17(29)11-27-4-6-28(7-5-27)18-14(21)8-12(10-25-18)19(22,23)24/h2-3,8-10H,4-7,11H2,1H3,(H,26,29). The quantitative estimate of drug-likeness (QED) is 0.722. The van der Waals surface area contributed by atoms with E-state index < -0.39 is 11.7 Å². The lowest BCUT2D eigenvalue weighted by molar-refractivity contribution is -0.137. The molecule has 0 radical (unpaired) electrons. The fourth-order valence-corrected chi connectivity index (χ4v) is 3.56. The maximum Gasteiger partial charge on any atom is 0.417 e. The molecular weight excluding hydrogens is 444 g/mol. The van der Waals surface area contributed by atoms with Crippen LogP contribution in [-0.4, -0.2) is 55.6 Å². The van der Waals surface area contributed by atoms with Gasteiger partial charge in [-0.05, 0) is 24.3 Å². The first kappa shape index (κ1) is 22.5. The van der Waals surface area contributed by atoms with Crippen LogP contribution < -0.4 is 15.0 Å². The van der Waals surface area contributed by atoms with Crippen LogP contribution in [0.25, 0.3) is 0 Å². The van der Waals surface area contributed by atoms with Gasteiger partial charge in [0.15, 0.2) is 0 Å². The van der Waals surface area contributed by atoms with Crippen molar-refractivity contribution in [2.24, 2.45) is 0 Å². The van der Waals surface area contributed by atoms with Crippen LogP contribution in [0.5, 0.6) is 5.75 Å². The van der Waals surface area contributed by atoms with Crippen molar-refractivity contribution in [1.29, 1.82) is 0 Å². The van der Waals surface area contributed by atoms with Gasteiger partial charge < -0.3 is 15.0 Å². The fourth-order valence-electron chi connectivity index (χ4n) is 3.11. The Morgan fingerprint density at radius 2 is 1.90 bits per heavy atom. The Hall–Kier alpha value is -2.23. The molecule has 1 N–H and O–H groups in total. The zero-order valence-corrected chi connectivity index (χ0v) is 17.5. The minimum atomic E-state index is -4.49. The van der Waals surface area contributed by atoms with E-state index in [-0.39, 0.29) is 17.5 Å². The zero-order valence-electron chi connectivity index (χ0n) is 16.0. The molecule has 1 saturated heterocycles. The van der Waals surface area contributed by atoms with Gasteiger partial charge in [-0.2, -0.15) is 13.2 Å². The second kappa shape index (κ2) is 9.28. The molecule has 3 rings (SSSR count). The van der Waals surface area contributed by atoms with Crippen LogP contribution in [-0.2, 0) is 11.0 Å². The summed E-state index contributed by atoms with van der Waals surface area (Å²) in [7, 11) is 1.50. The van der Waals surface area contributed by atoms with Crippen molar-refractivity contribution in [1.82, 2.24) is 9.88 Å². The molecule has 0 unspecified atom stereocenters. The van der Waals surface area contributed by atoms with E-state index in [1.54, 1.807) is 23.1 Å². The molecule has 2 heterocycles. The zero-order chi connectivity index (χ0) is 21.9. The van der Waals surface area contributed by atoms with Crippen molar-refractivity contribution in [2.45, 2.75) is 6.18 Å². The minimum Gasteiger partial charge on any atom is -0.495 e. The lowest BCUT2D eigenvalue weighted by Crippen LogP contribution is -2.49. The Balaban J connectivity index is 1.56. The van der Waals surface area contributed by atoms with E-state index in [2.05, 4.69) is 10.3 Å². The van der Waals surface area contributed by atoms with E-state index in [1.807, 2.05) is 4.90 Å². The molecule has 1 aromatic heterocycles. The van der Waals surface area contributed by atoms with Crippen LogP contribution in [0, 0.1) is 0 Å². The molecule has 0 spiro atoms. The Kier molecular flexibility index (Phi) is 6.95. The third kappa shape index (κ3) is 5.47. The maximum atomic E-state index is 12.8. The molecule has 1 aliphatic heterocycles. The lowest BCUT2D eigenvalue weighted by Gasteiger charge is -2.35. The number of nitrogens with one attached hydrogen (secondary N) is 1.